The Morgan fingerprint density at radius 2 is 1.75 bits per heavy atom. The zero-order valence-corrected chi connectivity index (χ0v) is 12.5. The van der Waals surface area contributed by atoms with Crippen LogP contribution in [0.15, 0.2) is 48.5 Å². The van der Waals surface area contributed by atoms with Gasteiger partial charge in [0.05, 0.1) is 16.1 Å². The topological polar surface area (TPSA) is 47.3 Å². The van der Waals surface area contributed by atoms with Crippen molar-refractivity contribution in [2.45, 2.75) is 12.1 Å². The first-order valence-corrected chi connectivity index (χ1v) is 6.92. The van der Waals surface area contributed by atoms with Crippen LogP contribution in [0.2, 0.25) is 10.0 Å². The lowest BCUT2D eigenvalue weighted by Crippen LogP contribution is -2.33. The minimum Gasteiger partial charge on any atom is -0.375 e. The molecule has 0 aliphatic carbocycles. The molecular weight excluding hydrogens is 295 g/mol. The summed E-state index contributed by atoms with van der Waals surface area (Å²) in [7, 11) is 1.64. The van der Waals surface area contributed by atoms with Crippen LogP contribution < -0.4 is 11.3 Å². The van der Waals surface area contributed by atoms with Crippen LogP contribution in [0.1, 0.15) is 23.3 Å². The third kappa shape index (κ3) is 3.14. The predicted molar refractivity (Wildman–Crippen MR) is 82.7 cm³/mol. The average molecular weight is 311 g/mol. The molecule has 0 amide bonds. The Hall–Kier alpha value is -1.10. The van der Waals surface area contributed by atoms with Gasteiger partial charge in [0.2, 0.25) is 0 Å². The van der Waals surface area contributed by atoms with E-state index in [-0.39, 0.29) is 12.1 Å². The van der Waals surface area contributed by atoms with Gasteiger partial charge in [0.25, 0.3) is 0 Å². The van der Waals surface area contributed by atoms with Crippen LogP contribution >= 0.6 is 23.2 Å². The third-order valence-electron chi connectivity index (χ3n) is 3.18. The van der Waals surface area contributed by atoms with Crippen LogP contribution in [0, 0.1) is 0 Å². The SMILES string of the molecule is COC(c1ccccc1)C(NN)c1cccc(Cl)c1Cl. The summed E-state index contributed by atoms with van der Waals surface area (Å²) in [5, 5.41) is 0.974. The maximum absolute atomic E-state index is 6.27. The second-order valence-electron chi connectivity index (χ2n) is 4.35. The summed E-state index contributed by atoms with van der Waals surface area (Å²) in [6.45, 7) is 0. The highest BCUT2D eigenvalue weighted by atomic mass is 35.5. The molecule has 3 N–H and O–H groups in total. The van der Waals surface area contributed by atoms with Gasteiger partial charge < -0.3 is 4.74 Å². The number of methoxy groups -OCH3 is 1. The summed E-state index contributed by atoms with van der Waals surface area (Å²) in [4.78, 5) is 0. The molecule has 0 bridgehead atoms. The minimum absolute atomic E-state index is 0.267. The van der Waals surface area contributed by atoms with Crippen LogP contribution in [0.25, 0.3) is 0 Å². The number of nitrogens with one attached hydrogen (secondary N) is 1. The van der Waals surface area contributed by atoms with Crippen LogP contribution in [-0.4, -0.2) is 7.11 Å². The van der Waals surface area contributed by atoms with E-state index in [1.807, 2.05) is 42.5 Å². The number of benzene rings is 2. The van der Waals surface area contributed by atoms with E-state index in [2.05, 4.69) is 5.43 Å². The van der Waals surface area contributed by atoms with Gasteiger partial charge in [-0.05, 0) is 17.2 Å². The molecule has 2 atom stereocenters. The highest BCUT2D eigenvalue weighted by Gasteiger charge is 2.26. The Morgan fingerprint density at radius 3 is 2.35 bits per heavy atom. The molecule has 5 heteroatoms. The monoisotopic (exact) mass is 310 g/mol. The highest BCUT2D eigenvalue weighted by Crippen LogP contribution is 2.37. The van der Waals surface area contributed by atoms with Crippen molar-refractivity contribution in [1.29, 1.82) is 0 Å². The molecule has 0 saturated heterocycles. The van der Waals surface area contributed by atoms with Gasteiger partial charge in [-0.1, -0.05) is 65.7 Å². The first-order valence-electron chi connectivity index (χ1n) is 6.16. The maximum atomic E-state index is 6.27. The van der Waals surface area contributed by atoms with E-state index in [1.54, 1.807) is 13.2 Å². The third-order valence-corrected chi connectivity index (χ3v) is 4.01. The van der Waals surface area contributed by atoms with Crippen LogP contribution in [0.5, 0.6) is 0 Å². The Morgan fingerprint density at radius 1 is 1.05 bits per heavy atom. The molecular formula is C15H16Cl2N2O. The fourth-order valence-electron chi connectivity index (χ4n) is 2.21. The minimum atomic E-state index is -0.298. The van der Waals surface area contributed by atoms with Crippen molar-refractivity contribution in [3.05, 3.63) is 69.7 Å². The molecule has 20 heavy (non-hydrogen) atoms. The first-order chi connectivity index (χ1) is 9.69. The zero-order chi connectivity index (χ0) is 14.5. The lowest BCUT2D eigenvalue weighted by Gasteiger charge is -2.27. The Kier molecular flexibility index (Phi) is 5.40. The van der Waals surface area contributed by atoms with E-state index in [1.165, 1.54) is 0 Å². The van der Waals surface area contributed by atoms with Crippen molar-refractivity contribution in [3.63, 3.8) is 0 Å². The molecule has 2 aromatic rings. The molecule has 0 fully saturated rings. The van der Waals surface area contributed by atoms with E-state index in [0.29, 0.717) is 10.0 Å². The van der Waals surface area contributed by atoms with Gasteiger partial charge in [-0.25, -0.2) is 5.43 Å². The standard InChI is InChI=1S/C15H16Cl2N2O/c1-20-15(10-6-3-2-4-7-10)14(19-18)11-8-5-9-12(16)13(11)17/h2-9,14-15,19H,18H2,1H3. The van der Waals surface area contributed by atoms with Crippen molar-refractivity contribution in [1.82, 2.24) is 5.43 Å². The van der Waals surface area contributed by atoms with Crippen molar-refractivity contribution in [2.24, 2.45) is 5.84 Å². The fraction of sp³-hybridized carbons (Fsp3) is 0.200. The van der Waals surface area contributed by atoms with E-state index in [9.17, 15) is 0 Å². The second-order valence-corrected chi connectivity index (χ2v) is 5.14. The number of hydrogen-bond acceptors (Lipinski definition) is 3. The van der Waals surface area contributed by atoms with Crippen molar-refractivity contribution in [2.75, 3.05) is 7.11 Å². The van der Waals surface area contributed by atoms with Gasteiger partial charge in [0, 0.05) is 7.11 Å². The van der Waals surface area contributed by atoms with Gasteiger partial charge in [-0.3, -0.25) is 5.84 Å². The molecule has 2 aromatic carbocycles. The van der Waals surface area contributed by atoms with E-state index >= 15 is 0 Å². The van der Waals surface area contributed by atoms with Crippen LogP contribution in [0.4, 0.5) is 0 Å². The largest absolute Gasteiger partial charge is 0.375 e. The maximum Gasteiger partial charge on any atom is 0.103 e. The number of ether oxygens (including phenoxy) is 1. The summed E-state index contributed by atoms with van der Waals surface area (Å²) in [6.07, 6.45) is -0.267. The molecule has 0 aromatic heterocycles. The van der Waals surface area contributed by atoms with Gasteiger partial charge >= 0.3 is 0 Å². The van der Waals surface area contributed by atoms with E-state index in [4.69, 9.17) is 33.8 Å². The quantitative estimate of drug-likeness (QED) is 0.650. The molecule has 0 aliphatic heterocycles. The highest BCUT2D eigenvalue weighted by molar-refractivity contribution is 6.42. The lowest BCUT2D eigenvalue weighted by atomic mass is 9.96. The van der Waals surface area contributed by atoms with Gasteiger partial charge in [0.15, 0.2) is 0 Å². The first kappa shape index (κ1) is 15.3. The number of halogens is 2. The molecule has 106 valence electrons. The Balaban J connectivity index is 2.42. The van der Waals surface area contributed by atoms with Crippen molar-refractivity contribution >= 4 is 23.2 Å². The summed E-state index contributed by atoms with van der Waals surface area (Å²) in [5.41, 5.74) is 4.58. The van der Waals surface area contributed by atoms with Crippen molar-refractivity contribution < 1.29 is 4.74 Å². The molecule has 2 rings (SSSR count). The van der Waals surface area contributed by atoms with Gasteiger partial charge in [-0.2, -0.15) is 0 Å². The molecule has 0 aliphatic rings. The number of rotatable bonds is 5. The smallest absolute Gasteiger partial charge is 0.103 e. The lowest BCUT2D eigenvalue weighted by molar-refractivity contribution is 0.0676. The van der Waals surface area contributed by atoms with E-state index in [0.717, 1.165) is 11.1 Å². The summed E-state index contributed by atoms with van der Waals surface area (Å²) in [5.74, 6) is 5.71. The van der Waals surface area contributed by atoms with Crippen LogP contribution in [-0.2, 0) is 4.74 Å². The Labute approximate surface area is 128 Å². The molecule has 0 spiro atoms. The summed E-state index contributed by atoms with van der Waals surface area (Å²) >= 11 is 12.3. The van der Waals surface area contributed by atoms with Crippen molar-refractivity contribution in [3.8, 4) is 0 Å². The Bertz CT molecular complexity index is 563. The number of nitrogens with two attached hydrogens (primary N) is 1. The zero-order valence-electron chi connectivity index (χ0n) is 11.0. The molecule has 3 nitrogen and oxygen atoms in total. The van der Waals surface area contributed by atoms with Gasteiger partial charge in [-0.15, -0.1) is 0 Å². The average Bonchev–Trinajstić information content (AvgIpc) is 2.49. The molecule has 0 heterocycles. The molecule has 0 radical (unpaired) electrons. The second kappa shape index (κ2) is 7.07. The van der Waals surface area contributed by atoms with Crippen LogP contribution in [0.3, 0.4) is 0 Å². The van der Waals surface area contributed by atoms with Gasteiger partial charge in [0.1, 0.15) is 6.10 Å². The summed E-state index contributed by atoms with van der Waals surface area (Å²) < 4.78 is 5.59. The number of hydrogen-bond donors (Lipinski definition) is 2. The summed E-state index contributed by atoms with van der Waals surface area (Å²) in [6, 6.07) is 15.0. The molecule has 2 unspecified atom stereocenters. The number of hydrazine groups is 1. The molecule has 0 saturated carbocycles. The van der Waals surface area contributed by atoms with E-state index < -0.39 is 0 Å². The normalized spacial score (nSPS) is 14.0. The predicted octanol–water partition coefficient (Wildman–Crippen LogP) is 3.89. The fourth-order valence-corrected chi connectivity index (χ4v) is 2.63.